The summed E-state index contributed by atoms with van der Waals surface area (Å²) in [6.45, 7) is 8.32. The molecule has 1 rings (SSSR count). The predicted octanol–water partition coefficient (Wildman–Crippen LogP) is 3.04. The third-order valence-corrected chi connectivity index (χ3v) is 3.27. The number of rotatable bonds is 8. The summed E-state index contributed by atoms with van der Waals surface area (Å²) in [5.41, 5.74) is 0.270. The van der Waals surface area contributed by atoms with Crippen molar-refractivity contribution in [1.82, 2.24) is 5.32 Å². The maximum atomic E-state index is 13.7. The van der Waals surface area contributed by atoms with Gasteiger partial charge in [0.15, 0.2) is 11.6 Å². The van der Waals surface area contributed by atoms with Crippen LogP contribution in [-0.4, -0.2) is 29.9 Å². The van der Waals surface area contributed by atoms with Crippen LogP contribution in [-0.2, 0) is 0 Å². The first-order chi connectivity index (χ1) is 9.38. The number of aliphatic hydroxyl groups excluding tert-OH is 1. The molecule has 0 aliphatic rings. The average molecular weight is 283 g/mol. The van der Waals surface area contributed by atoms with Crippen LogP contribution in [0.15, 0.2) is 18.2 Å². The number of hydrogen-bond donors (Lipinski definition) is 2. The molecule has 0 bridgehead atoms. The molecule has 4 heteroatoms. The van der Waals surface area contributed by atoms with Crippen LogP contribution in [0.1, 0.15) is 39.2 Å². The second-order valence-corrected chi connectivity index (χ2v) is 5.86. The van der Waals surface area contributed by atoms with Crippen molar-refractivity contribution in [2.24, 2.45) is 0 Å². The third kappa shape index (κ3) is 5.10. The smallest absolute Gasteiger partial charge is 0.167 e. The lowest BCUT2D eigenvalue weighted by Gasteiger charge is -2.31. The van der Waals surface area contributed by atoms with Crippen LogP contribution in [0.4, 0.5) is 4.39 Å². The Morgan fingerprint density at radius 3 is 2.70 bits per heavy atom. The predicted molar refractivity (Wildman–Crippen MR) is 79.6 cm³/mol. The molecule has 20 heavy (non-hydrogen) atoms. The molecule has 1 atom stereocenters. The molecule has 0 radical (unpaired) electrons. The van der Waals surface area contributed by atoms with Gasteiger partial charge in [0, 0.05) is 11.6 Å². The van der Waals surface area contributed by atoms with Gasteiger partial charge in [-0.25, -0.2) is 4.39 Å². The molecule has 0 spiro atoms. The summed E-state index contributed by atoms with van der Waals surface area (Å²) in [7, 11) is 0. The molecule has 0 aliphatic carbocycles. The number of benzene rings is 1. The van der Waals surface area contributed by atoms with Gasteiger partial charge in [-0.15, -0.1) is 0 Å². The molecule has 0 fully saturated rings. The minimum absolute atomic E-state index is 0.0734. The Morgan fingerprint density at radius 2 is 2.10 bits per heavy atom. The fraction of sp³-hybridized carbons (Fsp3) is 0.625. The Hall–Kier alpha value is -1.13. The summed E-state index contributed by atoms with van der Waals surface area (Å²) in [6.07, 6.45) is 1.53. The first kappa shape index (κ1) is 16.9. The molecule has 1 aromatic rings. The Bertz CT molecular complexity index is 423. The molecule has 2 N–H and O–H groups in total. The largest absolute Gasteiger partial charge is 0.491 e. The van der Waals surface area contributed by atoms with E-state index in [1.807, 2.05) is 20.8 Å². The Morgan fingerprint density at radius 1 is 1.40 bits per heavy atom. The molecule has 1 unspecified atom stereocenters. The summed E-state index contributed by atoms with van der Waals surface area (Å²) < 4.78 is 19.2. The summed E-state index contributed by atoms with van der Waals surface area (Å²) in [6, 6.07) is 5.45. The van der Waals surface area contributed by atoms with Crippen LogP contribution in [0, 0.1) is 12.7 Å². The van der Waals surface area contributed by atoms with E-state index in [1.54, 1.807) is 25.1 Å². The van der Waals surface area contributed by atoms with Crippen LogP contribution in [0.2, 0.25) is 0 Å². The number of hydrogen-bond acceptors (Lipinski definition) is 3. The zero-order valence-corrected chi connectivity index (χ0v) is 12.9. The lowest BCUT2D eigenvalue weighted by Crippen LogP contribution is -2.49. The first-order valence-electron chi connectivity index (χ1n) is 7.14. The van der Waals surface area contributed by atoms with Crippen molar-refractivity contribution in [3.05, 3.63) is 29.6 Å². The van der Waals surface area contributed by atoms with Gasteiger partial charge in [0.2, 0.25) is 0 Å². The van der Waals surface area contributed by atoms with E-state index in [2.05, 4.69) is 5.32 Å². The molecular weight excluding hydrogens is 257 g/mol. The molecule has 114 valence electrons. The van der Waals surface area contributed by atoms with Gasteiger partial charge in [-0.3, -0.25) is 0 Å². The summed E-state index contributed by atoms with van der Waals surface area (Å²) in [5, 5.41) is 12.8. The first-order valence-corrected chi connectivity index (χ1v) is 7.14. The van der Waals surface area contributed by atoms with Gasteiger partial charge in [-0.05, 0) is 38.3 Å². The van der Waals surface area contributed by atoms with Gasteiger partial charge in [0.05, 0.1) is 13.2 Å². The lowest BCUT2D eigenvalue weighted by molar-refractivity contribution is 0.147. The van der Waals surface area contributed by atoms with Crippen molar-refractivity contribution in [3.63, 3.8) is 0 Å². The van der Waals surface area contributed by atoms with E-state index in [9.17, 15) is 9.50 Å². The van der Waals surface area contributed by atoms with Gasteiger partial charge in [-0.2, -0.15) is 0 Å². The summed E-state index contributed by atoms with van der Waals surface area (Å²) >= 11 is 0. The van der Waals surface area contributed by atoms with Gasteiger partial charge >= 0.3 is 0 Å². The van der Waals surface area contributed by atoms with E-state index in [4.69, 9.17) is 4.74 Å². The summed E-state index contributed by atoms with van der Waals surface area (Å²) in [5.74, 6) is 0.00486. The summed E-state index contributed by atoms with van der Waals surface area (Å²) in [4.78, 5) is 0. The standard InChI is InChI=1S/C16H26FNO2/c1-12(2)18-16(4,11-19)9-6-10-20-14-8-5-7-13(3)15(14)17/h5,7-8,12,18-19H,6,9-11H2,1-4H3. The third-order valence-electron chi connectivity index (χ3n) is 3.27. The molecule has 0 aliphatic heterocycles. The maximum Gasteiger partial charge on any atom is 0.167 e. The topological polar surface area (TPSA) is 41.5 Å². The maximum absolute atomic E-state index is 13.7. The molecule has 0 amide bonds. The number of halogens is 1. The van der Waals surface area contributed by atoms with E-state index in [-0.39, 0.29) is 18.0 Å². The highest BCUT2D eigenvalue weighted by Gasteiger charge is 2.23. The molecule has 1 aromatic carbocycles. The van der Waals surface area contributed by atoms with Crippen molar-refractivity contribution in [1.29, 1.82) is 0 Å². The van der Waals surface area contributed by atoms with Crippen molar-refractivity contribution < 1.29 is 14.2 Å². The number of aliphatic hydroxyl groups is 1. The fourth-order valence-electron chi connectivity index (χ4n) is 2.27. The number of aryl methyl sites for hydroxylation is 1. The highest BCUT2D eigenvalue weighted by Crippen LogP contribution is 2.20. The number of nitrogens with one attached hydrogen (secondary N) is 1. The second kappa shape index (κ2) is 7.60. The quantitative estimate of drug-likeness (QED) is 0.721. The molecule has 0 saturated carbocycles. The highest BCUT2D eigenvalue weighted by molar-refractivity contribution is 5.29. The highest BCUT2D eigenvalue weighted by atomic mass is 19.1. The molecule has 3 nitrogen and oxygen atoms in total. The zero-order valence-electron chi connectivity index (χ0n) is 12.9. The van der Waals surface area contributed by atoms with Crippen LogP contribution >= 0.6 is 0 Å². The molecular formula is C16H26FNO2. The SMILES string of the molecule is Cc1cccc(OCCCC(C)(CO)NC(C)C)c1F. The Kier molecular flexibility index (Phi) is 6.43. The molecule has 0 aromatic heterocycles. The van der Waals surface area contributed by atoms with Gasteiger partial charge in [0.25, 0.3) is 0 Å². The van der Waals surface area contributed by atoms with E-state index < -0.39 is 0 Å². The second-order valence-electron chi connectivity index (χ2n) is 5.86. The van der Waals surface area contributed by atoms with Gasteiger partial charge in [-0.1, -0.05) is 26.0 Å². The van der Waals surface area contributed by atoms with Crippen molar-refractivity contribution >= 4 is 0 Å². The zero-order chi connectivity index (χ0) is 15.2. The minimum Gasteiger partial charge on any atom is -0.491 e. The average Bonchev–Trinajstić information content (AvgIpc) is 2.38. The van der Waals surface area contributed by atoms with Crippen LogP contribution in [0.25, 0.3) is 0 Å². The minimum atomic E-state index is -0.317. The van der Waals surface area contributed by atoms with Crippen molar-refractivity contribution in [2.45, 2.75) is 52.1 Å². The monoisotopic (exact) mass is 283 g/mol. The Labute approximate surface area is 121 Å². The van der Waals surface area contributed by atoms with Crippen LogP contribution in [0.5, 0.6) is 5.75 Å². The van der Waals surface area contributed by atoms with Gasteiger partial charge < -0.3 is 15.2 Å². The number of ether oxygens (including phenoxy) is 1. The van der Waals surface area contributed by atoms with Crippen LogP contribution in [0.3, 0.4) is 0 Å². The van der Waals surface area contributed by atoms with Crippen LogP contribution < -0.4 is 10.1 Å². The molecule has 0 heterocycles. The van der Waals surface area contributed by atoms with E-state index in [1.165, 1.54) is 0 Å². The van der Waals surface area contributed by atoms with E-state index in [0.29, 0.717) is 24.0 Å². The van der Waals surface area contributed by atoms with Crippen molar-refractivity contribution in [2.75, 3.05) is 13.2 Å². The van der Waals surface area contributed by atoms with Gasteiger partial charge in [0.1, 0.15) is 0 Å². The normalized spacial score (nSPS) is 14.3. The Balaban J connectivity index is 2.42. The van der Waals surface area contributed by atoms with E-state index >= 15 is 0 Å². The van der Waals surface area contributed by atoms with E-state index in [0.717, 1.165) is 12.8 Å². The fourth-order valence-corrected chi connectivity index (χ4v) is 2.27. The van der Waals surface area contributed by atoms with Crippen molar-refractivity contribution in [3.8, 4) is 5.75 Å². The lowest BCUT2D eigenvalue weighted by atomic mass is 9.96. The molecule has 0 saturated heterocycles.